The fourth-order valence-corrected chi connectivity index (χ4v) is 2.53. The number of hydrogen-bond acceptors (Lipinski definition) is 5. The van der Waals surface area contributed by atoms with Crippen LogP contribution in [0.1, 0.15) is 22.5 Å². The lowest BCUT2D eigenvalue weighted by atomic mass is 10.2. The average molecular weight is 275 g/mol. The van der Waals surface area contributed by atoms with E-state index in [0.29, 0.717) is 5.69 Å². The zero-order valence-electron chi connectivity index (χ0n) is 11.3. The van der Waals surface area contributed by atoms with Crippen molar-refractivity contribution in [1.29, 1.82) is 0 Å². The summed E-state index contributed by atoms with van der Waals surface area (Å²) in [5, 5.41) is 10.1. The lowest BCUT2D eigenvalue weighted by Crippen LogP contribution is -1.98. The van der Waals surface area contributed by atoms with Crippen LogP contribution in [0.15, 0.2) is 23.4 Å². The Labute approximate surface area is 117 Å². The van der Waals surface area contributed by atoms with Gasteiger partial charge in [-0.25, -0.2) is 9.97 Å². The van der Waals surface area contributed by atoms with Gasteiger partial charge in [0.25, 0.3) is 0 Å². The third kappa shape index (κ3) is 3.17. The molecule has 0 amide bonds. The van der Waals surface area contributed by atoms with Crippen LogP contribution in [-0.2, 0) is 5.75 Å². The number of aromatic nitrogens is 2. The highest BCUT2D eigenvalue weighted by atomic mass is 32.2. The van der Waals surface area contributed by atoms with E-state index in [1.807, 2.05) is 26.8 Å². The lowest BCUT2D eigenvalue weighted by Gasteiger charge is -2.07. The first-order chi connectivity index (χ1) is 8.97. The van der Waals surface area contributed by atoms with Gasteiger partial charge in [0.05, 0.1) is 5.69 Å². The monoisotopic (exact) mass is 275 g/mol. The molecule has 0 saturated carbocycles. The van der Waals surface area contributed by atoms with Gasteiger partial charge in [-0.1, -0.05) is 17.8 Å². The number of hydrogen-bond donors (Lipinski definition) is 2. The van der Waals surface area contributed by atoms with Crippen LogP contribution in [-0.4, -0.2) is 15.1 Å². The Kier molecular flexibility index (Phi) is 3.95. The molecular formula is C14H17N3OS. The van der Waals surface area contributed by atoms with Gasteiger partial charge in [-0.15, -0.1) is 0 Å². The molecule has 0 bridgehead atoms. The molecule has 0 spiro atoms. The van der Waals surface area contributed by atoms with Gasteiger partial charge in [0.1, 0.15) is 5.75 Å². The number of anilines is 1. The van der Waals surface area contributed by atoms with Crippen LogP contribution in [0.2, 0.25) is 0 Å². The van der Waals surface area contributed by atoms with Crippen LogP contribution in [0.3, 0.4) is 0 Å². The molecule has 1 aromatic carbocycles. The highest BCUT2D eigenvalue weighted by molar-refractivity contribution is 7.98. The molecule has 2 aromatic rings. The number of nitrogens with zero attached hydrogens (tertiary/aromatic N) is 2. The van der Waals surface area contributed by atoms with E-state index in [2.05, 4.69) is 9.97 Å². The van der Waals surface area contributed by atoms with E-state index in [-0.39, 0.29) is 5.75 Å². The van der Waals surface area contributed by atoms with Crippen LogP contribution in [0, 0.1) is 20.8 Å². The van der Waals surface area contributed by atoms with Crippen molar-refractivity contribution in [1.82, 2.24) is 9.97 Å². The SMILES string of the molecule is Cc1nc(SCc2ccc(O)c(N)c2)nc(C)c1C. The van der Waals surface area contributed by atoms with Crippen molar-refractivity contribution in [2.45, 2.75) is 31.7 Å². The fraction of sp³-hybridized carbons (Fsp3) is 0.286. The van der Waals surface area contributed by atoms with Crippen molar-refractivity contribution in [3.05, 3.63) is 40.7 Å². The van der Waals surface area contributed by atoms with Crippen LogP contribution in [0.25, 0.3) is 0 Å². The van der Waals surface area contributed by atoms with Gasteiger partial charge in [-0.3, -0.25) is 0 Å². The summed E-state index contributed by atoms with van der Waals surface area (Å²) in [5.74, 6) is 0.846. The minimum absolute atomic E-state index is 0.118. The highest BCUT2D eigenvalue weighted by Gasteiger charge is 2.06. The first-order valence-electron chi connectivity index (χ1n) is 5.99. The van der Waals surface area contributed by atoms with Crippen molar-refractivity contribution in [3.63, 3.8) is 0 Å². The lowest BCUT2D eigenvalue weighted by molar-refractivity contribution is 0.478. The standard InChI is InChI=1S/C14H17N3OS/c1-8-9(2)16-14(17-10(8)3)19-7-11-4-5-13(18)12(15)6-11/h4-6,18H,7,15H2,1-3H3. The van der Waals surface area contributed by atoms with Crippen LogP contribution < -0.4 is 5.73 Å². The minimum atomic E-state index is 0.118. The summed E-state index contributed by atoms with van der Waals surface area (Å²) in [4.78, 5) is 8.92. The van der Waals surface area contributed by atoms with E-state index in [4.69, 9.17) is 5.73 Å². The average Bonchev–Trinajstić information content (AvgIpc) is 2.37. The van der Waals surface area contributed by atoms with Gasteiger partial charge in [0.2, 0.25) is 0 Å². The van der Waals surface area contributed by atoms with Gasteiger partial charge < -0.3 is 10.8 Å². The van der Waals surface area contributed by atoms with Gasteiger partial charge >= 0.3 is 0 Å². The number of thioether (sulfide) groups is 1. The molecule has 19 heavy (non-hydrogen) atoms. The minimum Gasteiger partial charge on any atom is -0.506 e. The molecule has 0 atom stereocenters. The smallest absolute Gasteiger partial charge is 0.188 e. The molecule has 1 aromatic heterocycles. The molecule has 0 aliphatic rings. The van der Waals surface area contributed by atoms with E-state index in [1.165, 1.54) is 0 Å². The molecule has 0 radical (unpaired) electrons. The summed E-state index contributed by atoms with van der Waals surface area (Å²) in [7, 11) is 0. The Morgan fingerprint density at radius 2 is 1.79 bits per heavy atom. The van der Waals surface area contributed by atoms with Crippen LogP contribution >= 0.6 is 11.8 Å². The largest absolute Gasteiger partial charge is 0.506 e. The Morgan fingerprint density at radius 1 is 1.16 bits per heavy atom. The molecule has 3 N–H and O–H groups in total. The van der Waals surface area contributed by atoms with Crippen molar-refractivity contribution < 1.29 is 5.11 Å². The first kappa shape index (κ1) is 13.7. The summed E-state index contributed by atoms with van der Waals surface area (Å²) in [6, 6.07) is 5.24. The molecule has 1 heterocycles. The van der Waals surface area contributed by atoms with Crippen molar-refractivity contribution in [3.8, 4) is 5.75 Å². The Hall–Kier alpha value is -1.75. The van der Waals surface area contributed by atoms with E-state index >= 15 is 0 Å². The second kappa shape index (κ2) is 5.48. The van der Waals surface area contributed by atoms with Crippen molar-refractivity contribution >= 4 is 17.4 Å². The molecule has 5 heteroatoms. The number of aromatic hydroxyl groups is 1. The number of nitrogens with two attached hydrogens (primary N) is 1. The van der Waals surface area contributed by atoms with Crippen LogP contribution in [0.4, 0.5) is 5.69 Å². The van der Waals surface area contributed by atoms with Gasteiger partial charge in [0, 0.05) is 17.1 Å². The number of rotatable bonds is 3. The first-order valence-corrected chi connectivity index (χ1v) is 6.98. The summed E-state index contributed by atoms with van der Waals surface area (Å²) in [6.45, 7) is 6.01. The molecule has 0 aliphatic carbocycles. The summed E-state index contributed by atoms with van der Waals surface area (Å²) in [6.07, 6.45) is 0. The van der Waals surface area contributed by atoms with Gasteiger partial charge in [0.15, 0.2) is 5.16 Å². The maximum absolute atomic E-state index is 9.38. The normalized spacial score (nSPS) is 10.7. The quantitative estimate of drug-likeness (QED) is 0.390. The molecule has 0 fully saturated rings. The molecule has 4 nitrogen and oxygen atoms in total. The third-order valence-corrected chi connectivity index (χ3v) is 3.99. The van der Waals surface area contributed by atoms with E-state index in [9.17, 15) is 5.11 Å². The number of benzene rings is 1. The molecule has 0 unspecified atom stereocenters. The Balaban J connectivity index is 2.12. The zero-order valence-corrected chi connectivity index (χ0v) is 12.1. The van der Waals surface area contributed by atoms with Crippen molar-refractivity contribution in [2.75, 3.05) is 5.73 Å². The maximum atomic E-state index is 9.38. The number of phenols is 1. The summed E-state index contributed by atoms with van der Waals surface area (Å²) < 4.78 is 0. The summed E-state index contributed by atoms with van der Waals surface area (Å²) in [5.41, 5.74) is 10.3. The third-order valence-electron chi connectivity index (χ3n) is 3.07. The highest BCUT2D eigenvalue weighted by Crippen LogP contribution is 2.26. The predicted octanol–water partition coefficient (Wildman–Crippen LogP) is 2.98. The topological polar surface area (TPSA) is 72.0 Å². The second-order valence-electron chi connectivity index (χ2n) is 4.48. The molecule has 0 saturated heterocycles. The van der Waals surface area contributed by atoms with Crippen molar-refractivity contribution in [2.24, 2.45) is 0 Å². The zero-order chi connectivity index (χ0) is 14.0. The van der Waals surface area contributed by atoms with Gasteiger partial charge in [-0.05, 0) is 44.0 Å². The van der Waals surface area contributed by atoms with E-state index < -0.39 is 0 Å². The van der Waals surface area contributed by atoms with E-state index in [1.54, 1.807) is 23.9 Å². The maximum Gasteiger partial charge on any atom is 0.188 e. The summed E-state index contributed by atoms with van der Waals surface area (Å²) >= 11 is 1.57. The molecule has 2 rings (SSSR count). The van der Waals surface area contributed by atoms with Crippen LogP contribution in [0.5, 0.6) is 5.75 Å². The fourth-order valence-electron chi connectivity index (χ4n) is 1.65. The molecule has 100 valence electrons. The van der Waals surface area contributed by atoms with Gasteiger partial charge in [-0.2, -0.15) is 0 Å². The van der Waals surface area contributed by atoms with E-state index in [0.717, 1.165) is 33.4 Å². The predicted molar refractivity (Wildman–Crippen MR) is 78.3 cm³/mol. The number of nitrogen functional groups attached to an aromatic ring is 1. The number of phenolic OH excluding ortho intramolecular Hbond substituents is 1. The number of aryl methyl sites for hydroxylation is 2. The Morgan fingerprint density at radius 3 is 2.37 bits per heavy atom. The Bertz CT molecular complexity index is 591. The molecular weight excluding hydrogens is 258 g/mol. The molecule has 0 aliphatic heterocycles. The second-order valence-corrected chi connectivity index (χ2v) is 5.43.